The normalized spacial score (nSPS) is 19.5. The Kier molecular flexibility index (Phi) is 8.66. The second-order valence-corrected chi connectivity index (χ2v) is 7.84. The van der Waals surface area contributed by atoms with E-state index in [1.807, 2.05) is 24.3 Å². The third kappa shape index (κ3) is 6.67. The highest BCUT2D eigenvalue weighted by Crippen LogP contribution is 2.17. The van der Waals surface area contributed by atoms with E-state index in [1.54, 1.807) is 19.1 Å². The lowest BCUT2D eigenvalue weighted by Crippen LogP contribution is -2.49. The van der Waals surface area contributed by atoms with Gasteiger partial charge in [-0.1, -0.05) is 12.1 Å². The van der Waals surface area contributed by atoms with Gasteiger partial charge in [-0.25, -0.2) is 0 Å². The minimum absolute atomic E-state index is 0.110. The fourth-order valence-electron chi connectivity index (χ4n) is 3.83. The maximum absolute atomic E-state index is 12.6. The lowest BCUT2D eigenvalue weighted by Gasteiger charge is -2.26. The Balaban J connectivity index is 1.45. The van der Waals surface area contributed by atoms with Crippen LogP contribution in [0.5, 0.6) is 0 Å². The number of carbonyl (C=O) groups excluding carboxylic acids is 2. The summed E-state index contributed by atoms with van der Waals surface area (Å²) in [6.07, 6.45) is 1.08. The van der Waals surface area contributed by atoms with Crippen LogP contribution in [0.1, 0.15) is 22.3 Å². The summed E-state index contributed by atoms with van der Waals surface area (Å²) >= 11 is 0. The van der Waals surface area contributed by atoms with Crippen molar-refractivity contribution < 1.29 is 19.1 Å². The predicted octanol–water partition coefficient (Wildman–Crippen LogP) is 0.319. The van der Waals surface area contributed by atoms with Crippen LogP contribution < -0.4 is 10.6 Å². The van der Waals surface area contributed by atoms with Crippen LogP contribution in [0.15, 0.2) is 29.3 Å². The first-order valence-corrected chi connectivity index (χ1v) is 10.8. The van der Waals surface area contributed by atoms with Crippen molar-refractivity contribution in [2.45, 2.75) is 13.0 Å². The second-order valence-electron chi connectivity index (χ2n) is 7.84. The summed E-state index contributed by atoms with van der Waals surface area (Å²) in [7, 11) is 3.47. The molecule has 0 radical (unpaired) electrons. The number of amides is 2. The second kappa shape index (κ2) is 11.7. The Labute approximate surface area is 183 Å². The van der Waals surface area contributed by atoms with Crippen molar-refractivity contribution in [1.82, 2.24) is 20.4 Å². The fraction of sp³-hybridized carbons (Fsp3) is 0.591. The number of hydrogen-bond donors (Lipinski definition) is 2. The molecule has 3 rings (SSSR count). The van der Waals surface area contributed by atoms with Gasteiger partial charge in [0.25, 0.3) is 5.91 Å². The molecule has 2 saturated heterocycles. The van der Waals surface area contributed by atoms with E-state index in [0.29, 0.717) is 44.3 Å². The van der Waals surface area contributed by atoms with Gasteiger partial charge in [-0.15, -0.1) is 0 Å². The molecule has 0 bridgehead atoms. The van der Waals surface area contributed by atoms with E-state index in [0.717, 1.165) is 37.6 Å². The van der Waals surface area contributed by atoms with Gasteiger partial charge in [0.15, 0.2) is 5.96 Å². The molecule has 2 amide bonds. The van der Waals surface area contributed by atoms with Crippen LogP contribution in [0.3, 0.4) is 0 Å². The van der Waals surface area contributed by atoms with Crippen molar-refractivity contribution in [3.05, 3.63) is 35.4 Å². The Morgan fingerprint density at radius 2 is 2.03 bits per heavy atom. The molecule has 2 fully saturated rings. The van der Waals surface area contributed by atoms with Gasteiger partial charge >= 0.3 is 0 Å². The number of aliphatic imine (C=N–C) groups is 1. The maximum atomic E-state index is 12.6. The van der Waals surface area contributed by atoms with Gasteiger partial charge in [-0.2, -0.15) is 0 Å². The first-order chi connectivity index (χ1) is 15.1. The standard InChI is InChI=1S/C22H33N5O4/c1-23-22(27-9-7-18(14-27)16-31-12-11-30-2)25-13-17-3-5-19(6-4-17)21(29)26-10-8-24-20(28)15-26/h3-6,18H,7-16H2,1-2H3,(H,23,25)(H,24,28). The Morgan fingerprint density at radius 3 is 2.74 bits per heavy atom. The molecule has 170 valence electrons. The highest BCUT2D eigenvalue weighted by molar-refractivity contribution is 5.97. The van der Waals surface area contributed by atoms with Crippen molar-refractivity contribution in [3.63, 3.8) is 0 Å². The monoisotopic (exact) mass is 431 g/mol. The van der Waals surface area contributed by atoms with Gasteiger partial charge in [0, 0.05) is 58.4 Å². The SMILES string of the molecule is CN=C(NCc1ccc(C(=O)N2CCNC(=O)C2)cc1)N1CCC(COCCOC)C1. The van der Waals surface area contributed by atoms with Crippen LogP contribution in [0, 0.1) is 5.92 Å². The Hall–Kier alpha value is -2.65. The van der Waals surface area contributed by atoms with Crippen LogP contribution in [-0.2, 0) is 20.8 Å². The quantitative estimate of drug-likeness (QED) is 0.350. The molecular weight excluding hydrogens is 398 g/mol. The van der Waals surface area contributed by atoms with Gasteiger partial charge < -0.3 is 29.9 Å². The molecule has 2 heterocycles. The molecule has 9 nitrogen and oxygen atoms in total. The van der Waals surface area contributed by atoms with Gasteiger partial charge in [0.2, 0.25) is 5.91 Å². The van der Waals surface area contributed by atoms with E-state index < -0.39 is 0 Å². The zero-order chi connectivity index (χ0) is 22.1. The molecular formula is C22H33N5O4. The van der Waals surface area contributed by atoms with Crippen LogP contribution >= 0.6 is 0 Å². The molecule has 2 N–H and O–H groups in total. The van der Waals surface area contributed by atoms with Crippen LogP contribution in [0.25, 0.3) is 0 Å². The van der Waals surface area contributed by atoms with E-state index in [-0.39, 0.29) is 18.4 Å². The average Bonchev–Trinajstić information content (AvgIpc) is 3.26. The number of methoxy groups -OCH3 is 1. The number of hydrogen-bond acceptors (Lipinski definition) is 5. The molecule has 9 heteroatoms. The topological polar surface area (TPSA) is 95.5 Å². The average molecular weight is 432 g/mol. The van der Waals surface area contributed by atoms with Crippen LogP contribution in [0.4, 0.5) is 0 Å². The third-order valence-corrected chi connectivity index (χ3v) is 5.56. The summed E-state index contributed by atoms with van der Waals surface area (Å²) < 4.78 is 10.7. The number of guanidine groups is 1. The molecule has 2 aliphatic rings. The summed E-state index contributed by atoms with van der Waals surface area (Å²) in [6, 6.07) is 7.51. The molecule has 1 atom stereocenters. The van der Waals surface area contributed by atoms with Crippen molar-refractivity contribution in [3.8, 4) is 0 Å². The van der Waals surface area contributed by atoms with E-state index >= 15 is 0 Å². The molecule has 1 aromatic carbocycles. The number of carbonyl (C=O) groups is 2. The van der Waals surface area contributed by atoms with Crippen molar-refractivity contribution in [1.29, 1.82) is 0 Å². The van der Waals surface area contributed by atoms with E-state index in [2.05, 4.69) is 20.5 Å². The minimum Gasteiger partial charge on any atom is -0.382 e. The number of ether oxygens (including phenoxy) is 2. The van der Waals surface area contributed by atoms with E-state index in [1.165, 1.54) is 0 Å². The summed E-state index contributed by atoms with van der Waals surface area (Å²) in [6.45, 7) is 5.65. The zero-order valence-corrected chi connectivity index (χ0v) is 18.4. The number of rotatable bonds is 8. The van der Waals surface area contributed by atoms with E-state index in [4.69, 9.17) is 9.47 Å². The van der Waals surface area contributed by atoms with Crippen LogP contribution in [0.2, 0.25) is 0 Å². The lowest BCUT2D eigenvalue weighted by molar-refractivity contribution is -0.123. The highest BCUT2D eigenvalue weighted by Gasteiger charge is 2.25. The maximum Gasteiger partial charge on any atom is 0.254 e. The van der Waals surface area contributed by atoms with Gasteiger partial charge in [0.1, 0.15) is 0 Å². The van der Waals surface area contributed by atoms with Crippen molar-refractivity contribution in [2.24, 2.45) is 10.9 Å². The van der Waals surface area contributed by atoms with Gasteiger partial charge in [-0.3, -0.25) is 14.6 Å². The zero-order valence-electron chi connectivity index (χ0n) is 18.4. The third-order valence-electron chi connectivity index (χ3n) is 5.56. The molecule has 0 spiro atoms. The Bertz CT molecular complexity index is 768. The van der Waals surface area contributed by atoms with E-state index in [9.17, 15) is 9.59 Å². The smallest absolute Gasteiger partial charge is 0.254 e. The largest absolute Gasteiger partial charge is 0.382 e. The number of benzene rings is 1. The summed E-state index contributed by atoms with van der Waals surface area (Å²) in [4.78, 5) is 32.3. The Morgan fingerprint density at radius 1 is 1.23 bits per heavy atom. The highest BCUT2D eigenvalue weighted by atomic mass is 16.5. The first kappa shape index (κ1) is 23.0. The predicted molar refractivity (Wildman–Crippen MR) is 118 cm³/mol. The fourth-order valence-corrected chi connectivity index (χ4v) is 3.83. The molecule has 1 unspecified atom stereocenters. The summed E-state index contributed by atoms with van der Waals surface area (Å²) in [5, 5.41) is 6.14. The molecule has 31 heavy (non-hydrogen) atoms. The molecule has 0 saturated carbocycles. The molecule has 1 aromatic rings. The minimum atomic E-state index is -0.113. The number of likely N-dealkylation sites (tertiary alicyclic amines) is 1. The summed E-state index contributed by atoms with van der Waals surface area (Å²) in [5.41, 5.74) is 1.66. The van der Waals surface area contributed by atoms with Crippen molar-refractivity contribution in [2.75, 3.05) is 66.7 Å². The van der Waals surface area contributed by atoms with Crippen LogP contribution in [-0.4, -0.2) is 94.3 Å². The lowest BCUT2D eigenvalue weighted by atomic mass is 10.1. The van der Waals surface area contributed by atoms with Gasteiger partial charge in [-0.05, 0) is 24.1 Å². The number of nitrogens with one attached hydrogen (secondary N) is 2. The first-order valence-electron chi connectivity index (χ1n) is 10.8. The number of piperazine rings is 1. The number of nitrogens with zero attached hydrogens (tertiary/aromatic N) is 3. The van der Waals surface area contributed by atoms with Gasteiger partial charge in [0.05, 0.1) is 26.4 Å². The van der Waals surface area contributed by atoms with Crippen molar-refractivity contribution >= 4 is 17.8 Å². The molecule has 0 aliphatic carbocycles. The summed E-state index contributed by atoms with van der Waals surface area (Å²) in [5.74, 6) is 1.15. The molecule has 2 aliphatic heterocycles. The molecule has 0 aromatic heterocycles.